The average molecular weight is 428 g/mol. The number of methoxy groups -OCH3 is 2. The topological polar surface area (TPSA) is 83.7 Å². The molecule has 1 aliphatic carbocycles. The maximum atomic E-state index is 12.9. The summed E-state index contributed by atoms with van der Waals surface area (Å²) in [4.78, 5) is 30.7. The molecule has 2 bridgehead atoms. The van der Waals surface area contributed by atoms with Crippen LogP contribution in [-0.2, 0) is 9.53 Å². The van der Waals surface area contributed by atoms with E-state index >= 15 is 0 Å². The Morgan fingerprint density at radius 3 is 2.71 bits per heavy atom. The molecule has 4 rings (SSSR count). The highest BCUT2D eigenvalue weighted by molar-refractivity contribution is 6.11. The summed E-state index contributed by atoms with van der Waals surface area (Å²) in [6, 6.07) is 5.98. The molecule has 31 heavy (non-hydrogen) atoms. The quantitative estimate of drug-likeness (QED) is 0.676. The number of likely N-dealkylation sites (tertiary alicyclic amines) is 1. The first kappa shape index (κ1) is 21.7. The van der Waals surface area contributed by atoms with E-state index < -0.39 is 5.97 Å². The summed E-state index contributed by atoms with van der Waals surface area (Å²) in [5, 5.41) is 3.71. The maximum absolute atomic E-state index is 12.9. The van der Waals surface area contributed by atoms with Crippen molar-refractivity contribution >= 4 is 28.5 Å². The molecule has 2 aliphatic rings. The molecular weight excluding hydrogens is 394 g/mol. The van der Waals surface area contributed by atoms with Crippen LogP contribution in [-0.4, -0.2) is 55.1 Å². The van der Waals surface area contributed by atoms with Crippen LogP contribution >= 0.6 is 0 Å². The third-order valence-electron chi connectivity index (χ3n) is 6.81. The highest BCUT2D eigenvalue weighted by Crippen LogP contribution is 2.52. The number of rotatable bonds is 6. The van der Waals surface area contributed by atoms with Crippen LogP contribution < -0.4 is 10.1 Å². The SMILES string of the molecule is COC(=O)c1[nH]c2cc(OC)ccc2c1NC(=O)CCN1C[C@@]2(C)C[C@@H]1CC(C)(C)C2. The summed E-state index contributed by atoms with van der Waals surface area (Å²) in [5.41, 5.74) is 2.11. The van der Waals surface area contributed by atoms with Crippen molar-refractivity contribution in [2.75, 3.05) is 32.6 Å². The van der Waals surface area contributed by atoms with Crippen LogP contribution in [0.3, 0.4) is 0 Å². The zero-order valence-electron chi connectivity index (χ0n) is 19.1. The number of ether oxygens (including phenoxy) is 2. The summed E-state index contributed by atoms with van der Waals surface area (Å²) < 4.78 is 10.2. The van der Waals surface area contributed by atoms with Gasteiger partial charge in [0.15, 0.2) is 0 Å². The second kappa shape index (κ2) is 7.86. The predicted octanol–water partition coefficient (Wildman–Crippen LogP) is 4.19. The molecule has 2 atom stereocenters. The monoisotopic (exact) mass is 427 g/mol. The number of aromatic nitrogens is 1. The lowest BCUT2D eigenvalue weighted by Gasteiger charge is -2.39. The lowest BCUT2D eigenvalue weighted by atomic mass is 9.65. The number of hydrogen-bond acceptors (Lipinski definition) is 5. The van der Waals surface area contributed by atoms with E-state index in [2.05, 4.69) is 36.0 Å². The van der Waals surface area contributed by atoms with Gasteiger partial charge in [-0.2, -0.15) is 0 Å². The van der Waals surface area contributed by atoms with Crippen molar-refractivity contribution in [1.29, 1.82) is 0 Å². The van der Waals surface area contributed by atoms with Gasteiger partial charge in [-0.1, -0.05) is 20.8 Å². The second-order valence-electron chi connectivity index (χ2n) is 10.3. The summed E-state index contributed by atoms with van der Waals surface area (Å²) in [7, 11) is 2.91. The fourth-order valence-electron chi connectivity index (χ4n) is 5.97. The predicted molar refractivity (Wildman–Crippen MR) is 121 cm³/mol. The Bertz CT molecular complexity index is 1010. The number of amides is 1. The lowest BCUT2D eigenvalue weighted by Crippen LogP contribution is -2.35. The largest absolute Gasteiger partial charge is 0.497 e. The molecule has 0 radical (unpaired) electrons. The van der Waals surface area contributed by atoms with E-state index in [0.29, 0.717) is 40.2 Å². The molecule has 168 valence electrons. The van der Waals surface area contributed by atoms with E-state index in [0.717, 1.165) is 18.5 Å². The van der Waals surface area contributed by atoms with Gasteiger partial charge in [-0.25, -0.2) is 4.79 Å². The van der Waals surface area contributed by atoms with E-state index in [1.807, 2.05) is 6.07 Å². The highest BCUT2D eigenvalue weighted by atomic mass is 16.5. The molecule has 2 N–H and O–H groups in total. The van der Waals surface area contributed by atoms with E-state index in [1.54, 1.807) is 19.2 Å². The average Bonchev–Trinajstić information content (AvgIpc) is 3.18. The van der Waals surface area contributed by atoms with E-state index in [4.69, 9.17) is 9.47 Å². The van der Waals surface area contributed by atoms with Gasteiger partial charge in [0.05, 0.1) is 25.4 Å². The molecule has 1 saturated heterocycles. The molecule has 7 heteroatoms. The fourth-order valence-corrected chi connectivity index (χ4v) is 5.97. The van der Waals surface area contributed by atoms with Crippen LogP contribution in [0, 0.1) is 10.8 Å². The van der Waals surface area contributed by atoms with Crippen molar-refractivity contribution in [3.05, 3.63) is 23.9 Å². The maximum Gasteiger partial charge on any atom is 0.356 e. The molecule has 1 saturated carbocycles. The van der Waals surface area contributed by atoms with Crippen molar-refractivity contribution in [3.63, 3.8) is 0 Å². The van der Waals surface area contributed by atoms with Gasteiger partial charge in [0.1, 0.15) is 11.4 Å². The number of aromatic amines is 1. The van der Waals surface area contributed by atoms with Crippen molar-refractivity contribution in [1.82, 2.24) is 9.88 Å². The molecule has 2 heterocycles. The van der Waals surface area contributed by atoms with Crippen molar-refractivity contribution in [2.24, 2.45) is 10.8 Å². The number of hydrogen-bond donors (Lipinski definition) is 2. The number of carbonyl (C=O) groups is 2. The Kier molecular flexibility index (Phi) is 5.50. The normalized spacial score (nSPS) is 24.9. The van der Waals surface area contributed by atoms with Crippen LogP contribution in [0.15, 0.2) is 18.2 Å². The third kappa shape index (κ3) is 4.28. The number of nitrogens with one attached hydrogen (secondary N) is 2. The molecule has 0 unspecified atom stereocenters. The molecule has 0 spiro atoms. The van der Waals surface area contributed by atoms with E-state index in [9.17, 15) is 9.59 Å². The number of fused-ring (bicyclic) bond motifs is 3. The van der Waals surface area contributed by atoms with E-state index in [1.165, 1.54) is 26.4 Å². The zero-order chi connectivity index (χ0) is 22.4. The minimum absolute atomic E-state index is 0.104. The summed E-state index contributed by atoms with van der Waals surface area (Å²) >= 11 is 0. The molecule has 1 aromatic carbocycles. The molecule has 7 nitrogen and oxygen atoms in total. The van der Waals surface area contributed by atoms with Gasteiger partial charge in [-0.05, 0) is 42.2 Å². The molecule has 1 aromatic heterocycles. The standard InChI is InChI=1S/C24H33N3O4/c1-23(2)11-15-12-24(3,13-23)14-27(15)9-8-19(28)26-20-17-7-6-16(30-4)10-18(17)25-21(20)22(29)31-5/h6-7,10,15,25H,8-9,11-14H2,1-5H3,(H,26,28)/t15-,24-/m0/s1. The van der Waals surface area contributed by atoms with Gasteiger partial charge in [-0.15, -0.1) is 0 Å². The molecule has 1 aliphatic heterocycles. The summed E-state index contributed by atoms with van der Waals surface area (Å²) in [6.45, 7) is 8.87. The highest BCUT2D eigenvalue weighted by Gasteiger charge is 2.49. The van der Waals surface area contributed by atoms with Gasteiger partial charge >= 0.3 is 5.97 Å². The minimum Gasteiger partial charge on any atom is -0.497 e. The Morgan fingerprint density at radius 1 is 1.23 bits per heavy atom. The van der Waals surface area contributed by atoms with Crippen molar-refractivity contribution in [2.45, 2.75) is 52.5 Å². The van der Waals surface area contributed by atoms with Crippen LogP contribution in [0.4, 0.5) is 5.69 Å². The summed E-state index contributed by atoms with van der Waals surface area (Å²) in [6.07, 6.45) is 4.02. The molecular formula is C24H33N3O4. The fraction of sp³-hybridized carbons (Fsp3) is 0.583. The van der Waals surface area contributed by atoms with Crippen LogP contribution in [0.2, 0.25) is 0 Å². The first-order valence-corrected chi connectivity index (χ1v) is 10.9. The Hall–Kier alpha value is -2.54. The molecule has 1 amide bonds. The first-order chi connectivity index (χ1) is 14.6. The Balaban J connectivity index is 1.48. The number of anilines is 1. The second-order valence-corrected chi connectivity index (χ2v) is 10.3. The minimum atomic E-state index is -0.519. The Labute approximate surface area is 183 Å². The van der Waals surface area contributed by atoms with Crippen LogP contribution in [0.1, 0.15) is 56.9 Å². The van der Waals surface area contributed by atoms with Gasteiger partial charge < -0.3 is 19.8 Å². The van der Waals surface area contributed by atoms with Gasteiger partial charge in [0.2, 0.25) is 5.91 Å². The molecule has 2 fully saturated rings. The van der Waals surface area contributed by atoms with Crippen molar-refractivity contribution < 1.29 is 19.1 Å². The smallest absolute Gasteiger partial charge is 0.356 e. The van der Waals surface area contributed by atoms with Gasteiger partial charge in [-0.3, -0.25) is 9.69 Å². The number of benzene rings is 1. The van der Waals surface area contributed by atoms with Crippen LogP contribution in [0.5, 0.6) is 5.75 Å². The molecule has 2 aromatic rings. The van der Waals surface area contributed by atoms with Crippen LogP contribution in [0.25, 0.3) is 10.9 Å². The summed E-state index contributed by atoms with van der Waals surface area (Å²) in [5.74, 6) is 0.0429. The number of nitrogens with zero attached hydrogens (tertiary/aromatic N) is 1. The number of H-pyrrole nitrogens is 1. The first-order valence-electron chi connectivity index (χ1n) is 10.9. The van der Waals surface area contributed by atoms with Gasteiger partial charge in [0, 0.05) is 37.0 Å². The number of esters is 1. The van der Waals surface area contributed by atoms with E-state index in [-0.39, 0.29) is 11.6 Å². The lowest BCUT2D eigenvalue weighted by molar-refractivity contribution is -0.116. The number of carbonyl (C=O) groups excluding carboxylic acids is 2. The third-order valence-corrected chi connectivity index (χ3v) is 6.81. The Morgan fingerprint density at radius 2 is 2.00 bits per heavy atom. The zero-order valence-corrected chi connectivity index (χ0v) is 19.1. The van der Waals surface area contributed by atoms with Gasteiger partial charge in [0.25, 0.3) is 0 Å². The van der Waals surface area contributed by atoms with Crippen molar-refractivity contribution in [3.8, 4) is 5.75 Å².